The Bertz CT molecular complexity index is 1240. The Morgan fingerprint density at radius 2 is 2.00 bits per heavy atom. The summed E-state index contributed by atoms with van der Waals surface area (Å²) in [6.07, 6.45) is 1.89. The summed E-state index contributed by atoms with van der Waals surface area (Å²) in [5.74, 6) is 0.845. The van der Waals surface area contributed by atoms with Crippen molar-refractivity contribution in [3.8, 4) is 10.6 Å². The highest BCUT2D eigenvalue weighted by Gasteiger charge is 2.29. The summed E-state index contributed by atoms with van der Waals surface area (Å²) < 4.78 is 0. The van der Waals surface area contributed by atoms with Crippen molar-refractivity contribution >= 4 is 33.8 Å². The van der Waals surface area contributed by atoms with E-state index in [1.54, 1.807) is 17.8 Å². The molecule has 4 aromatic rings. The second kappa shape index (κ2) is 8.09. The van der Waals surface area contributed by atoms with E-state index in [0.717, 1.165) is 40.4 Å². The van der Waals surface area contributed by atoms with Crippen LogP contribution < -0.4 is 4.90 Å². The lowest BCUT2D eigenvalue weighted by Crippen LogP contribution is -2.57. The van der Waals surface area contributed by atoms with Gasteiger partial charge in [0.15, 0.2) is 5.78 Å². The van der Waals surface area contributed by atoms with Crippen LogP contribution >= 0.6 is 11.3 Å². The molecule has 9 heteroatoms. The van der Waals surface area contributed by atoms with Gasteiger partial charge in [-0.3, -0.25) is 4.79 Å². The topological polar surface area (TPSA) is 88.0 Å². The van der Waals surface area contributed by atoms with E-state index in [0.29, 0.717) is 17.3 Å². The Balaban J connectivity index is 1.34. The van der Waals surface area contributed by atoms with Crippen LogP contribution in [-0.4, -0.2) is 69.3 Å². The predicted molar refractivity (Wildman–Crippen MR) is 120 cm³/mol. The Labute approximate surface area is 183 Å². The SMILES string of the molecule is CN(C)C1CN(c2cc(C(=O)Cc3cc4cc(-c5nncs5)ccc4nn3)ccn2)C1. The third-order valence-corrected chi connectivity index (χ3v) is 6.31. The maximum atomic E-state index is 12.9. The van der Waals surface area contributed by atoms with E-state index in [4.69, 9.17) is 0 Å². The van der Waals surface area contributed by atoms with E-state index in [1.165, 1.54) is 11.3 Å². The fraction of sp³-hybridized carbons (Fsp3) is 0.273. The maximum Gasteiger partial charge on any atom is 0.169 e. The van der Waals surface area contributed by atoms with E-state index >= 15 is 0 Å². The highest BCUT2D eigenvalue weighted by atomic mass is 32.1. The van der Waals surface area contributed by atoms with E-state index in [2.05, 4.69) is 49.3 Å². The van der Waals surface area contributed by atoms with Crippen LogP contribution in [0.25, 0.3) is 21.5 Å². The van der Waals surface area contributed by atoms with Gasteiger partial charge in [-0.1, -0.05) is 11.3 Å². The number of carbonyl (C=O) groups is 1. The third kappa shape index (κ3) is 4.01. The minimum absolute atomic E-state index is 0.00209. The lowest BCUT2D eigenvalue weighted by Gasteiger charge is -2.43. The van der Waals surface area contributed by atoms with Gasteiger partial charge in [0.1, 0.15) is 16.3 Å². The summed E-state index contributed by atoms with van der Waals surface area (Å²) in [5, 5.41) is 18.3. The molecule has 1 aliphatic heterocycles. The molecular formula is C22H21N7OS. The molecule has 0 spiro atoms. The molecular weight excluding hydrogens is 410 g/mol. The number of carbonyl (C=O) groups excluding carboxylic acids is 1. The molecule has 0 unspecified atom stereocenters. The first kappa shape index (κ1) is 19.7. The third-order valence-electron chi connectivity index (χ3n) is 5.57. The number of pyridine rings is 1. The van der Waals surface area contributed by atoms with E-state index in [-0.39, 0.29) is 12.2 Å². The van der Waals surface area contributed by atoms with Crippen molar-refractivity contribution in [2.45, 2.75) is 12.5 Å². The zero-order valence-electron chi connectivity index (χ0n) is 17.3. The highest BCUT2D eigenvalue weighted by molar-refractivity contribution is 7.12. The van der Waals surface area contributed by atoms with E-state index < -0.39 is 0 Å². The van der Waals surface area contributed by atoms with Crippen molar-refractivity contribution in [2.24, 2.45) is 0 Å². The summed E-state index contributed by atoms with van der Waals surface area (Å²) in [5.41, 5.74) is 4.75. The Morgan fingerprint density at radius 1 is 1.13 bits per heavy atom. The predicted octanol–water partition coefficient (Wildman–Crippen LogP) is 2.72. The summed E-state index contributed by atoms with van der Waals surface area (Å²) in [7, 11) is 4.16. The first-order valence-corrected chi connectivity index (χ1v) is 10.9. The standard InChI is InChI=1S/C22H21N7OS/c1-28(2)18-11-29(12-18)21-9-14(5-6-23-21)20(30)10-17-8-16-7-15(22-27-24-13-31-22)3-4-19(16)26-25-17/h3-9,13,18H,10-12H2,1-2H3. The van der Waals surface area contributed by atoms with Crippen molar-refractivity contribution in [3.05, 3.63) is 59.4 Å². The van der Waals surface area contributed by atoms with Crippen molar-refractivity contribution in [2.75, 3.05) is 32.1 Å². The first-order chi connectivity index (χ1) is 15.1. The Morgan fingerprint density at radius 3 is 2.77 bits per heavy atom. The number of anilines is 1. The molecule has 0 N–H and O–H groups in total. The van der Waals surface area contributed by atoms with Gasteiger partial charge < -0.3 is 9.80 Å². The number of hydrogen-bond donors (Lipinski definition) is 0. The van der Waals surface area contributed by atoms with Crippen LogP contribution in [0.4, 0.5) is 5.82 Å². The normalized spacial score (nSPS) is 14.2. The first-order valence-electron chi connectivity index (χ1n) is 10.0. The van der Waals surface area contributed by atoms with Crippen molar-refractivity contribution in [3.63, 3.8) is 0 Å². The monoisotopic (exact) mass is 431 g/mol. The van der Waals surface area contributed by atoms with Crippen LogP contribution in [0.1, 0.15) is 16.1 Å². The molecule has 3 aromatic heterocycles. The molecule has 1 fully saturated rings. The van der Waals surface area contributed by atoms with Crippen molar-refractivity contribution in [1.82, 2.24) is 30.3 Å². The van der Waals surface area contributed by atoms with Crippen molar-refractivity contribution < 1.29 is 4.79 Å². The minimum Gasteiger partial charge on any atom is -0.353 e. The molecule has 1 aromatic carbocycles. The second-order valence-corrected chi connectivity index (χ2v) is 8.71. The molecule has 0 saturated carbocycles. The zero-order valence-corrected chi connectivity index (χ0v) is 18.1. The maximum absolute atomic E-state index is 12.9. The molecule has 0 aliphatic carbocycles. The molecule has 4 heterocycles. The van der Waals surface area contributed by atoms with E-state index in [1.807, 2.05) is 30.3 Å². The number of Topliss-reactive ketones (excluding diaryl/α,β-unsaturated/α-hetero) is 1. The number of likely N-dealkylation sites (N-methyl/N-ethyl adjacent to an activating group) is 1. The molecule has 1 saturated heterocycles. The number of nitrogens with zero attached hydrogens (tertiary/aromatic N) is 7. The molecule has 5 rings (SSSR count). The largest absolute Gasteiger partial charge is 0.353 e. The van der Waals surface area contributed by atoms with Gasteiger partial charge in [-0.15, -0.1) is 10.2 Å². The summed E-state index contributed by atoms with van der Waals surface area (Å²) >= 11 is 1.48. The Hall–Kier alpha value is -3.30. The molecule has 8 nitrogen and oxygen atoms in total. The summed E-state index contributed by atoms with van der Waals surface area (Å²) in [6.45, 7) is 1.84. The second-order valence-electron chi connectivity index (χ2n) is 7.88. The lowest BCUT2D eigenvalue weighted by molar-refractivity contribution is 0.0991. The fourth-order valence-corrected chi connectivity index (χ4v) is 4.16. The minimum atomic E-state index is 0.00209. The molecule has 156 valence electrons. The van der Waals surface area contributed by atoms with Gasteiger partial charge in [-0.2, -0.15) is 10.2 Å². The van der Waals surface area contributed by atoms with Gasteiger partial charge in [0.2, 0.25) is 0 Å². The van der Waals surface area contributed by atoms with E-state index in [9.17, 15) is 4.79 Å². The van der Waals surface area contributed by atoms with Crippen molar-refractivity contribution in [1.29, 1.82) is 0 Å². The molecule has 0 atom stereocenters. The molecule has 0 bridgehead atoms. The van der Waals surface area contributed by atoms with Gasteiger partial charge in [-0.05, 0) is 50.5 Å². The fourth-order valence-electron chi connectivity index (χ4n) is 3.61. The van der Waals surface area contributed by atoms with Gasteiger partial charge >= 0.3 is 0 Å². The summed E-state index contributed by atoms with van der Waals surface area (Å²) in [6, 6.07) is 12.0. The molecule has 0 radical (unpaired) electrons. The lowest BCUT2D eigenvalue weighted by atomic mass is 10.0. The molecule has 0 amide bonds. The smallest absolute Gasteiger partial charge is 0.169 e. The van der Waals surface area contributed by atoms with Gasteiger partial charge in [-0.25, -0.2) is 4.98 Å². The number of hydrogen-bond acceptors (Lipinski definition) is 9. The quantitative estimate of drug-likeness (QED) is 0.431. The highest BCUT2D eigenvalue weighted by Crippen LogP contribution is 2.25. The summed E-state index contributed by atoms with van der Waals surface area (Å²) in [4.78, 5) is 21.8. The van der Waals surface area contributed by atoms with Crippen LogP contribution in [0.3, 0.4) is 0 Å². The molecule has 31 heavy (non-hydrogen) atoms. The van der Waals surface area contributed by atoms with Crippen LogP contribution in [-0.2, 0) is 6.42 Å². The number of rotatable bonds is 6. The number of ketones is 1. The van der Waals surface area contributed by atoms with Gasteiger partial charge in [0.05, 0.1) is 17.6 Å². The molecule has 1 aliphatic rings. The van der Waals surface area contributed by atoms with Crippen LogP contribution in [0.2, 0.25) is 0 Å². The zero-order chi connectivity index (χ0) is 21.4. The number of aromatic nitrogens is 5. The van der Waals surface area contributed by atoms with Gasteiger partial charge in [0, 0.05) is 41.8 Å². The average Bonchev–Trinajstić information content (AvgIpc) is 3.27. The average molecular weight is 432 g/mol. The van der Waals surface area contributed by atoms with Crippen LogP contribution in [0, 0.1) is 0 Å². The Kier molecular flexibility index (Phi) is 5.13. The van der Waals surface area contributed by atoms with Gasteiger partial charge in [0.25, 0.3) is 0 Å². The number of benzene rings is 1. The van der Waals surface area contributed by atoms with Crippen LogP contribution in [0.5, 0.6) is 0 Å². The number of fused-ring (bicyclic) bond motifs is 1. The van der Waals surface area contributed by atoms with Crippen LogP contribution in [0.15, 0.2) is 48.1 Å².